The SMILES string of the molecule is Cc1nc(SCCSC(F)(F)F)ns1. The molecule has 0 aliphatic heterocycles. The summed E-state index contributed by atoms with van der Waals surface area (Å²) in [6.45, 7) is 1.81. The molecule has 0 saturated carbocycles. The summed E-state index contributed by atoms with van der Waals surface area (Å²) in [6.07, 6.45) is 0. The summed E-state index contributed by atoms with van der Waals surface area (Å²) in [7, 11) is 0. The number of rotatable bonds is 4. The molecule has 1 heterocycles. The third-order valence-electron chi connectivity index (χ3n) is 1.09. The van der Waals surface area contributed by atoms with E-state index < -0.39 is 5.51 Å². The van der Waals surface area contributed by atoms with E-state index in [1.54, 1.807) is 0 Å². The van der Waals surface area contributed by atoms with Gasteiger partial charge in [-0.3, -0.25) is 0 Å². The van der Waals surface area contributed by atoms with Gasteiger partial charge in [0.2, 0.25) is 0 Å². The molecule has 0 amide bonds. The predicted molar refractivity (Wildman–Crippen MR) is 53.9 cm³/mol. The van der Waals surface area contributed by atoms with Gasteiger partial charge in [-0.1, -0.05) is 23.5 Å². The Morgan fingerprint density at radius 1 is 1.36 bits per heavy atom. The number of aryl methyl sites for hydroxylation is 1. The highest BCUT2D eigenvalue weighted by Gasteiger charge is 2.27. The maximum atomic E-state index is 11.7. The van der Waals surface area contributed by atoms with Gasteiger partial charge in [-0.2, -0.15) is 17.5 Å². The minimum absolute atomic E-state index is 0.0134. The normalized spacial score (nSPS) is 12.0. The van der Waals surface area contributed by atoms with Gasteiger partial charge in [0, 0.05) is 11.5 Å². The van der Waals surface area contributed by atoms with Crippen LogP contribution in [0.15, 0.2) is 5.16 Å². The largest absolute Gasteiger partial charge is 0.441 e. The van der Waals surface area contributed by atoms with Crippen LogP contribution >= 0.6 is 35.1 Å². The molecular weight excluding hydrogens is 253 g/mol. The van der Waals surface area contributed by atoms with Crippen molar-refractivity contribution >= 4 is 35.1 Å². The van der Waals surface area contributed by atoms with Gasteiger partial charge in [0.1, 0.15) is 5.01 Å². The number of hydrogen-bond acceptors (Lipinski definition) is 5. The minimum Gasteiger partial charge on any atom is -0.215 e. The molecule has 0 saturated heterocycles. The lowest BCUT2D eigenvalue weighted by Crippen LogP contribution is -2.02. The van der Waals surface area contributed by atoms with Crippen molar-refractivity contribution in [3.8, 4) is 0 Å². The average molecular weight is 260 g/mol. The van der Waals surface area contributed by atoms with Crippen molar-refractivity contribution in [1.82, 2.24) is 9.36 Å². The third-order valence-corrected chi connectivity index (χ3v) is 3.67. The highest BCUT2D eigenvalue weighted by molar-refractivity contribution is 8.03. The number of thioether (sulfide) groups is 2. The first-order chi connectivity index (χ1) is 6.47. The number of halogens is 3. The Kier molecular flexibility index (Phi) is 4.52. The Hall–Kier alpha value is 0.0500. The maximum Gasteiger partial charge on any atom is 0.441 e. The van der Waals surface area contributed by atoms with Gasteiger partial charge in [0.15, 0.2) is 5.16 Å². The van der Waals surface area contributed by atoms with Crippen molar-refractivity contribution in [1.29, 1.82) is 0 Å². The molecule has 0 aromatic carbocycles. The van der Waals surface area contributed by atoms with Crippen LogP contribution in [-0.2, 0) is 0 Å². The average Bonchev–Trinajstić information content (AvgIpc) is 2.44. The van der Waals surface area contributed by atoms with Crippen LogP contribution in [0, 0.1) is 6.92 Å². The molecule has 80 valence electrons. The molecule has 2 nitrogen and oxygen atoms in total. The fourth-order valence-corrected chi connectivity index (χ4v) is 2.67. The summed E-state index contributed by atoms with van der Waals surface area (Å²) in [5.41, 5.74) is -4.13. The summed E-state index contributed by atoms with van der Waals surface area (Å²) in [5, 5.41) is 1.39. The quantitative estimate of drug-likeness (QED) is 0.613. The summed E-state index contributed by atoms with van der Waals surface area (Å²) >= 11 is 2.49. The van der Waals surface area contributed by atoms with Crippen LogP contribution in [0.25, 0.3) is 0 Å². The van der Waals surface area contributed by atoms with Gasteiger partial charge in [-0.15, -0.1) is 0 Å². The Morgan fingerprint density at radius 3 is 2.57 bits per heavy atom. The topological polar surface area (TPSA) is 25.8 Å². The van der Waals surface area contributed by atoms with E-state index in [4.69, 9.17) is 0 Å². The first kappa shape index (κ1) is 12.1. The molecule has 1 aromatic heterocycles. The smallest absolute Gasteiger partial charge is 0.215 e. The zero-order valence-electron chi connectivity index (χ0n) is 7.17. The summed E-state index contributed by atoms with van der Waals surface area (Å²) in [4.78, 5) is 4.02. The first-order valence-corrected chi connectivity index (χ1v) is 6.35. The lowest BCUT2D eigenvalue weighted by atomic mass is 10.8. The summed E-state index contributed by atoms with van der Waals surface area (Å²) in [5.74, 6) is 0.409. The van der Waals surface area contributed by atoms with Crippen molar-refractivity contribution in [2.45, 2.75) is 17.6 Å². The second-order valence-electron chi connectivity index (χ2n) is 2.24. The highest BCUT2D eigenvalue weighted by atomic mass is 32.2. The molecule has 1 aromatic rings. The van der Waals surface area contributed by atoms with Crippen LogP contribution in [0.4, 0.5) is 13.2 Å². The number of alkyl halides is 3. The maximum absolute atomic E-state index is 11.7. The number of nitrogens with zero attached hydrogens (tertiary/aromatic N) is 2. The van der Waals surface area contributed by atoms with E-state index >= 15 is 0 Å². The molecule has 0 fully saturated rings. The van der Waals surface area contributed by atoms with Crippen molar-refractivity contribution in [3.05, 3.63) is 5.01 Å². The third kappa shape index (κ3) is 5.06. The van der Waals surface area contributed by atoms with Crippen LogP contribution < -0.4 is 0 Å². The fourth-order valence-electron chi connectivity index (χ4n) is 0.630. The van der Waals surface area contributed by atoms with E-state index in [2.05, 4.69) is 9.36 Å². The van der Waals surface area contributed by atoms with Crippen molar-refractivity contribution in [2.75, 3.05) is 11.5 Å². The first-order valence-electron chi connectivity index (χ1n) is 3.61. The Bertz CT molecular complexity index is 286. The fraction of sp³-hybridized carbons (Fsp3) is 0.667. The van der Waals surface area contributed by atoms with Crippen LogP contribution in [0.2, 0.25) is 0 Å². The molecule has 0 atom stereocenters. The Labute approximate surface area is 91.9 Å². The van der Waals surface area contributed by atoms with E-state index in [9.17, 15) is 13.2 Å². The van der Waals surface area contributed by atoms with Gasteiger partial charge >= 0.3 is 5.51 Å². The highest BCUT2D eigenvalue weighted by Crippen LogP contribution is 2.31. The van der Waals surface area contributed by atoms with Crippen molar-refractivity contribution < 1.29 is 13.2 Å². The molecule has 1 rings (SSSR count). The van der Waals surface area contributed by atoms with Gasteiger partial charge in [0.05, 0.1) is 0 Å². The summed E-state index contributed by atoms with van der Waals surface area (Å²) < 4.78 is 39.1. The van der Waals surface area contributed by atoms with Crippen LogP contribution in [0.5, 0.6) is 0 Å². The zero-order chi connectivity index (χ0) is 10.6. The minimum atomic E-state index is -4.13. The Morgan fingerprint density at radius 2 is 2.07 bits per heavy atom. The van der Waals surface area contributed by atoms with Crippen molar-refractivity contribution in [2.24, 2.45) is 0 Å². The van der Waals surface area contributed by atoms with Crippen LogP contribution in [0.3, 0.4) is 0 Å². The second kappa shape index (κ2) is 5.22. The molecule has 0 bridgehead atoms. The molecule has 0 radical (unpaired) electrons. The zero-order valence-corrected chi connectivity index (χ0v) is 9.62. The van der Waals surface area contributed by atoms with E-state index in [-0.39, 0.29) is 17.5 Å². The van der Waals surface area contributed by atoms with E-state index in [1.165, 1.54) is 23.3 Å². The lowest BCUT2D eigenvalue weighted by Gasteiger charge is -2.03. The van der Waals surface area contributed by atoms with Gasteiger partial charge in [0.25, 0.3) is 0 Å². The molecule has 0 aliphatic carbocycles. The second-order valence-corrected chi connectivity index (χ2v) is 5.42. The van der Waals surface area contributed by atoms with E-state index in [0.717, 1.165) is 5.01 Å². The van der Waals surface area contributed by atoms with E-state index in [0.29, 0.717) is 10.9 Å². The van der Waals surface area contributed by atoms with Crippen LogP contribution in [0.1, 0.15) is 5.01 Å². The molecule has 14 heavy (non-hydrogen) atoms. The molecule has 0 N–H and O–H groups in total. The molecule has 0 unspecified atom stereocenters. The van der Waals surface area contributed by atoms with Gasteiger partial charge < -0.3 is 0 Å². The molecule has 0 aliphatic rings. The monoisotopic (exact) mass is 260 g/mol. The predicted octanol–water partition coefficient (Wildman–Crippen LogP) is 3.19. The Balaban J connectivity index is 2.16. The lowest BCUT2D eigenvalue weighted by molar-refractivity contribution is -0.0326. The summed E-state index contributed by atoms with van der Waals surface area (Å²) in [6, 6.07) is 0. The molecular formula is C6H7F3N2S3. The van der Waals surface area contributed by atoms with Gasteiger partial charge in [-0.25, -0.2) is 4.98 Å². The standard InChI is InChI=1S/C6H7F3N2S3/c1-4-10-5(11-14-4)12-2-3-13-6(7,8)9/h2-3H2,1H3. The van der Waals surface area contributed by atoms with Gasteiger partial charge in [-0.05, 0) is 18.5 Å². The number of aromatic nitrogens is 2. The van der Waals surface area contributed by atoms with Crippen LogP contribution in [-0.4, -0.2) is 26.4 Å². The molecule has 8 heteroatoms. The molecule has 0 spiro atoms. The number of hydrogen-bond donors (Lipinski definition) is 0. The van der Waals surface area contributed by atoms with Crippen molar-refractivity contribution in [3.63, 3.8) is 0 Å². The van der Waals surface area contributed by atoms with E-state index in [1.807, 2.05) is 6.92 Å².